The Labute approximate surface area is 147 Å². The molecule has 0 amide bonds. The molecule has 124 valence electrons. The summed E-state index contributed by atoms with van der Waals surface area (Å²) in [6, 6.07) is 0.683. The van der Waals surface area contributed by atoms with Gasteiger partial charge in [-0.2, -0.15) is 0 Å². The van der Waals surface area contributed by atoms with Gasteiger partial charge in [-0.25, -0.2) is 0 Å². The maximum absolute atomic E-state index is 4.49. The molecule has 4 nitrogen and oxygen atoms in total. The summed E-state index contributed by atoms with van der Waals surface area (Å²) in [6.45, 7) is 12.7. The molecular weight excluding hydrogens is 375 g/mol. The average molecular weight is 408 g/mol. The zero-order valence-corrected chi connectivity index (χ0v) is 16.5. The molecule has 1 N–H and O–H groups in total. The van der Waals surface area contributed by atoms with Crippen LogP contribution < -0.4 is 5.32 Å². The number of guanidine groups is 1. The van der Waals surface area contributed by atoms with Gasteiger partial charge in [0.2, 0.25) is 0 Å². The van der Waals surface area contributed by atoms with Gasteiger partial charge in [-0.05, 0) is 24.7 Å². The van der Waals surface area contributed by atoms with Crippen LogP contribution in [0.4, 0.5) is 0 Å². The van der Waals surface area contributed by atoms with E-state index in [1.807, 2.05) is 7.05 Å². The first-order valence-electron chi connectivity index (χ1n) is 8.34. The standard InChI is InChI=1S/C16H32N4.HI/c1-5-6-14-11-15(14)18-16(17-4)20-9-7-19(8-10-20)12-13(2)3;/h13-15H,5-12H2,1-4H3,(H,17,18);1H. The van der Waals surface area contributed by atoms with Gasteiger partial charge in [-0.3, -0.25) is 9.89 Å². The molecule has 2 atom stereocenters. The number of rotatable bonds is 5. The fourth-order valence-corrected chi connectivity index (χ4v) is 3.24. The van der Waals surface area contributed by atoms with E-state index >= 15 is 0 Å². The lowest BCUT2D eigenvalue weighted by Gasteiger charge is -2.37. The number of hydrogen-bond donors (Lipinski definition) is 1. The van der Waals surface area contributed by atoms with E-state index in [0.29, 0.717) is 6.04 Å². The van der Waals surface area contributed by atoms with Crippen LogP contribution in [0.5, 0.6) is 0 Å². The second kappa shape index (κ2) is 9.18. The highest BCUT2D eigenvalue weighted by Gasteiger charge is 2.37. The number of piperazine rings is 1. The lowest BCUT2D eigenvalue weighted by molar-refractivity contribution is 0.164. The largest absolute Gasteiger partial charge is 0.353 e. The minimum absolute atomic E-state index is 0. The zero-order valence-electron chi connectivity index (χ0n) is 14.1. The quantitative estimate of drug-likeness (QED) is 0.431. The van der Waals surface area contributed by atoms with Crippen LogP contribution in [0.1, 0.15) is 40.0 Å². The third-order valence-corrected chi connectivity index (χ3v) is 4.40. The molecule has 1 heterocycles. The van der Waals surface area contributed by atoms with Crippen LogP contribution in [0, 0.1) is 11.8 Å². The fraction of sp³-hybridized carbons (Fsp3) is 0.938. The Balaban J connectivity index is 0.00000220. The Morgan fingerprint density at radius 1 is 1.24 bits per heavy atom. The number of nitrogens with one attached hydrogen (secondary N) is 1. The van der Waals surface area contributed by atoms with E-state index in [4.69, 9.17) is 0 Å². The van der Waals surface area contributed by atoms with E-state index in [0.717, 1.165) is 30.9 Å². The predicted octanol–water partition coefficient (Wildman–Crippen LogP) is 2.64. The van der Waals surface area contributed by atoms with E-state index < -0.39 is 0 Å². The minimum Gasteiger partial charge on any atom is -0.353 e. The van der Waals surface area contributed by atoms with Gasteiger partial charge in [0.25, 0.3) is 0 Å². The van der Waals surface area contributed by atoms with Crippen molar-refractivity contribution >= 4 is 29.9 Å². The Kier molecular flexibility index (Phi) is 8.31. The fourth-order valence-electron chi connectivity index (χ4n) is 3.24. The van der Waals surface area contributed by atoms with Crippen molar-refractivity contribution in [2.24, 2.45) is 16.8 Å². The summed E-state index contributed by atoms with van der Waals surface area (Å²) in [6.07, 6.45) is 3.99. The lowest BCUT2D eigenvalue weighted by Crippen LogP contribution is -2.53. The smallest absolute Gasteiger partial charge is 0.193 e. The maximum atomic E-state index is 4.49. The molecule has 2 aliphatic rings. The third-order valence-electron chi connectivity index (χ3n) is 4.40. The molecule has 2 fully saturated rings. The highest BCUT2D eigenvalue weighted by Crippen LogP contribution is 2.34. The highest BCUT2D eigenvalue weighted by molar-refractivity contribution is 14.0. The minimum atomic E-state index is 0. The van der Waals surface area contributed by atoms with Gasteiger partial charge in [0.15, 0.2) is 5.96 Å². The summed E-state index contributed by atoms with van der Waals surface area (Å²) >= 11 is 0. The highest BCUT2D eigenvalue weighted by atomic mass is 127. The first-order chi connectivity index (χ1) is 9.63. The molecule has 1 aliphatic carbocycles. The second-order valence-corrected chi connectivity index (χ2v) is 6.76. The topological polar surface area (TPSA) is 30.9 Å². The first kappa shape index (κ1) is 19.0. The van der Waals surface area contributed by atoms with Gasteiger partial charge in [0, 0.05) is 45.8 Å². The van der Waals surface area contributed by atoms with Crippen molar-refractivity contribution in [3.05, 3.63) is 0 Å². The summed E-state index contributed by atoms with van der Waals surface area (Å²) in [5.74, 6) is 2.78. The molecule has 2 unspecified atom stereocenters. The molecule has 0 aromatic carbocycles. The molecule has 1 saturated heterocycles. The Morgan fingerprint density at radius 3 is 2.43 bits per heavy atom. The van der Waals surface area contributed by atoms with Gasteiger partial charge in [-0.1, -0.05) is 27.2 Å². The van der Waals surface area contributed by atoms with Crippen LogP contribution in [0.2, 0.25) is 0 Å². The van der Waals surface area contributed by atoms with E-state index in [-0.39, 0.29) is 24.0 Å². The van der Waals surface area contributed by atoms with E-state index in [2.05, 4.69) is 40.9 Å². The van der Waals surface area contributed by atoms with Crippen LogP contribution in [0.3, 0.4) is 0 Å². The molecular formula is C16H33IN4. The molecule has 21 heavy (non-hydrogen) atoms. The van der Waals surface area contributed by atoms with Crippen molar-refractivity contribution in [3.63, 3.8) is 0 Å². The number of aliphatic imine (C=N–C) groups is 1. The second-order valence-electron chi connectivity index (χ2n) is 6.76. The zero-order chi connectivity index (χ0) is 14.5. The molecule has 0 bridgehead atoms. The Bertz CT molecular complexity index is 324. The number of nitrogens with zero attached hydrogens (tertiary/aromatic N) is 3. The van der Waals surface area contributed by atoms with E-state index in [1.165, 1.54) is 38.9 Å². The van der Waals surface area contributed by atoms with Gasteiger partial charge < -0.3 is 10.2 Å². The van der Waals surface area contributed by atoms with Crippen molar-refractivity contribution in [1.29, 1.82) is 0 Å². The molecule has 1 saturated carbocycles. The van der Waals surface area contributed by atoms with Crippen LogP contribution in [-0.4, -0.2) is 61.6 Å². The summed E-state index contributed by atoms with van der Waals surface area (Å²) in [4.78, 5) is 9.49. The molecule has 0 spiro atoms. The van der Waals surface area contributed by atoms with Crippen molar-refractivity contribution in [2.45, 2.75) is 46.1 Å². The van der Waals surface area contributed by atoms with Gasteiger partial charge in [0.1, 0.15) is 0 Å². The monoisotopic (exact) mass is 408 g/mol. The molecule has 0 aromatic rings. The molecule has 0 aromatic heterocycles. The maximum Gasteiger partial charge on any atom is 0.193 e. The van der Waals surface area contributed by atoms with Crippen molar-refractivity contribution in [1.82, 2.24) is 15.1 Å². The van der Waals surface area contributed by atoms with Gasteiger partial charge in [0.05, 0.1) is 0 Å². The summed E-state index contributed by atoms with van der Waals surface area (Å²) in [7, 11) is 1.92. The van der Waals surface area contributed by atoms with Crippen LogP contribution >= 0.6 is 24.0 Å². The molecule has 5 heteroatoms. The van der Waals surface area contributed by atoms with Crippen molar-refractivity contribution in [2.75, 3.05) is 39.8 Å². The predicted molar refractivity (Wildman–Crippen MR) is 102 cm³/mol. The summed E-state index contributed by atoms with van der Waals surface area (Å²) in [5.41, 5.74) is 0. The number of hydrogen-bond acceptors (Lipinski definition) is 2. The summed E-state index contributed by atoms with van der Waals surface area (Å²) < 4.78 is 0. The molecule has 1 aliphatic heterocycles. The van der Waals surface area contributed by atoms with Crippen LogP contribution in [0.15, 0.2) is 4.99 Å². The van der Waals surface area contributed by atoms with E-state index in [9.17, 15) is 0 Å². The van der Waals surface area contributed by atoms with E-state index in [1.54, 1.807) is 0 Å². The van der Waals surface area contributed by atoms with Crippen molar-refractivity contribution < 1.29 is 0 Å². The Hall–Kier alpha value is -0.0400. The van der Waals surface area contributed by atoms with Gasteiger partial charge in [-0.15, -0.1) is 24.0 Å². The SMILES string of the molecule is CCCC1CC1NC(=NC)N1CCN(CC(C)C)CC1.I. The Morgan fingerprint density at radius 2 is 1.90 bits per heavy atom. The third kappa shape index (κ3) is 5.93. The van der Waals surface area contributed by atoms with Crippen molar-refractivity contribution in [3.8, 4) is 0 Å². The van der Waals surface area contributed by atoms with Crippen LogP contribution in [0.25, 0.3) is 0 Å². The summed E-state index contributed by atoms with van der Waals surface area (Å²) in [5, 5.41) is 3.66. The molecule has 2 rings (SSSR count). The average Bonchev–Trinajstić information content (AvgIpc) is 3.15. The molecule has 0 radical (unpaired) electrons. The number of halogens is 1. The first-order valence-corrected chi connectivity index (χ1v) is 8.34. The lowest BCUT2D eigenvalue weighted by atomic mass is 10.2. The van der Waals surface area contributed by atoms with Crippen LogP contribution in [-0.2, 0) is 0 Å². The van der Waals surface area contributed by atoms with Gasteiger partial charge >= 0.3 is 0 Å². The normalized spacial score (nSPS) is 26.7.